The SMILES string of the molecule is CSCC(C)N(C)C(=O)N1CCCC1C(=O)O. The monoisotopic (exact) mass is 260 g/mol. The molecule has 0 bridgehead atoms. The van der Waals surface area contributed by atoms with Crippen LogP contribution in [0.25, 0.3) is 0 Å². The molecule has 0 aliphatic carbocycles. The number of carbonyl (C=O) groups is 2. The summed E-state index contributed by atoms with van der Waals surface area (Å²) in [6, 6.07) is -0.699. The molecule has 0 radical (unpaired) electrons. The summed E-state index contributed by atoms with van der Waals surface area (Å²) >= 11 is 1.68. The number of carboxylic acid groups (broad SMARTS) is 1. The van der Waals surface area contributed by atoms with Crippen LogP contribution in [-0.4, -0.2) is 64.6 Å². The predicted molar refractivity (Wildman–Crippen MR) is 68.4 cm³/mol. The molecule has 0 spiro atoms. The van der Waals surface area contributed by atoms with Crippen molar-refractivity contribution < 1.29 is 14.7 Å². The number of nitrogens with zero attached hydrogens (tertiary/aromatic N) is 2. The molecule has 1 heterocycles. The van der Waals surface area contributed by atoms with Crippen LogP contribution in [0.3, 0.4) is 0 Å². The second kappa shape index (κ2) is 6.14. The van der Waals surface area contributed by atoms with Gasteiger partial charge < -0.3 is 14.9 Å². The molecule has 2 amide bonds. The van der Waals surface area contributed by atoms with Crippen LogP contribution in [0, 0.1) is 0 Å². The molecule has 1 aliphatic heterocycles. The summed E-state index contributed by atoms with van der Waals surface area (Å²) in [4.78, 5) is 26.3. The number of thioether (sulfide) groups is 1. The van der Waals surface area contributed by atoms with Crippen LogP contribution in [0.1, 0.15) is 19.8 Å². The second-order valence-corrected chi connectivity index (χ2v) is 5.30. The number of carboxylic acids is 1. The van der Waals surface area contributed by atoms with Crippen LogP contribution in [-0.2, 0) is 4.79 Å². The van der Waals surface area contributed by atoms with Crippen molar-refractivity contribution in [2.75, 3.05) is 25.6 Å². The van der Waals surface area contributed by atoms with Gasteiger partial charge in [-0.25, -0.2) is 9.59 Å². The third-order valence-electron chi connectivity index (χ3n) is 3.15. The molecular weight excluding hydrogens is 240 g/mol. The topological polar surface area (TPSA) is 60.9 Å². The first-order valence-corrected chi connectivity index (χ1v) is 7.13. The highest BCUT2D eigenvalue weighted by Crippen LogP contribution is 2.20. The first kappa shape index (κ1) is 14.2. The van der Waals surface area contributed by atoms with Crippen molar-refractivity contribution in [3.63, 3.8) is 0 Å². The van der Waals surface area contributed by atoms with E-state index in [1.807, 2.05) is 13.2 Å². The van der Waals surface area contributed by atoms with Gasteiger partial charge in [-0.1, -0.05) is 0 Å². The smallest absolute Gasteiger partial charge is 0.326 e. The Morgan fingerprint density at radius 1 is 1.59 bits per heavy atom. The van der Waals surface area contributed by atoms with Gasteiger partial charge in [-0.2, -0.15) is 11.8 Å². The molecule has 2 unspecified atom stereocenters. The molecule has 0 aromatic heterocycles. The van der Waals surface area contributed by atoms with Gasteiger partial charge in [0.25, 0.3) is 0 Å². The van der Waals surface area contributed by atoms with Crippen molar-refractivity contribution in [1.29, 1.82) is 0 Å². The fraction of sp³-hybridized carbons (Fsp3) is 0.818. The highest BCUT2D eigenvalue weighted by atomic mass is 32.2. The van der Waals surface area contributed by atoms with Gasteiger partial charge in [0.2, 0.25) is 0 Å². The molecule has 6 heteroatoms. The maximum atomic E-state index is 12.2. The molecule has 0 aromatic carbocycles. The highest BCUT2D eigenvalue weighted by molar-refractivity contribution is 7.98. The van der Waals surface area contributed by atoms with Crippen LogP contribution in [0.4, 0.5) is 4.79 Å². The average molecular weight is 260 g/mol. The van der Waals surface area contributed by atoms with Crippen LogP contribution in [0.5, 0.6) is 0 Å². The number of likely N-dealkylation sites (tertiary alicyclic amines) is 1. The largest absolute Gasteiger partial charge is 0.480 e. The third kappa shape index (κ3) is 3.28. The van der Waals surface area contributed by atoms with Crippen LogP contribution in [0.2, 0.25) is 0 Å². The van der Waals surface area contributed by atoms with Crippen LogP contribution in [0.15, 0.2) is 0 Å². The average Bonchev–Trinajstić information content (AvgIpc) is 2.76. The molecule has 98 valence electrons. The van der Waals surface area contributed by atoms with E-state index in [2.05, 4.69) is 0 Å². The zero-order chi connectivity index (χ0) is 13.0. The van der Waals surface area contributed by atoms with Gasteiger partial charge in [0.05, 0.1) is 0 Å². The quantitative estimate of drug-likeness (QED) is 0.828. The van der Waals surface area contributed by atoms with Gasteiger partial charge in [-0.05, 0) is 26.0 Å². The number of rotatable bonds is 4. The summed E-state index contributed by atoms with van der Waals surface area (Å²) in [5, 5.41) is 9.04. The van der Waals surface area contributed by atoms with Crippen molar-refractivity contribution in [1.82, 2.24) is 9.80 Å². The van der Waals surface area contributed by atoms with Gasteiger partial charge in [-0.3, -0.25) is 0 Å². The van der Waals surface area contributed by atoms with Crippen molar-refractivity contribution in [2.24, 2.45) is 0 Å². The lowest BCUT2D eigenvalue weighted by molar-refractivity contribution is -0.141. The van der Waals surface area contributed by atoms with Crippen molar-refractivity contribution in [3.8, 4) is 0 Å². The summed E-state index contributed by atoms with van der Waals surface area (Å²) in [7, 11) is 1.74. The third-order valence-corrected chi connectivity index (χ3v) is 3.97. The normalized spacial score (nSPS) is 21.4. The number of aliphatic carboxylic acids is 1. The second-order valence-electron chi connectivity index (χ2n) is 4.39. The molecule has 1 fully saturated rings. The van der Waals surface area contributed by atoms with E-state index in [1.54, 1.807) is 23.7 Å². The van der Waals surface area contributed by atoms with Gasteiger partial charge in [0.1, 0.15) is 6.04 Å². The van der Waals surface area contributed by atoms with Crippen molar-refractivity contribution in [2.45, 2.75) is 31.8 Å². The fourth-order valence-electron chi connectivity index (χ4n) is 2.00. The maximum Gasteiger partial charge on any atom is 0.326 e. The minimum atomic E-state index is -0.901. The van der Waals surface area contributed by atoms with Gasteiger partial charge >= 0.3 is 12.0 Å². The van der Waals surface area contributed by atoms with Crippen LogP contribution < -0.4 is 0 Å². The van der Waals surface area contributed by atoms with Crippen molar-refractivity contribution in [3.05, 3.63) is 0 Å². The molecule has 17 heavy (non-hydrogen) atoms. The van der Waals surface area contributed by atoms with Gasteiger partial charge in [-0.15, -0.1) is 0 Å². The number of hydrogen-bond acceptors (Lipinski definition) is 3. The Labute approximate surface area is 106 Å². The number of hydrogen-bond donors (Lipinski definition) is 1. The molecule has 2 atom stereocenters. The first-order chi connectivity index (χ1) is 7.99. The molecule has 1 aliphatic rings. The van der Waals surface area contributed by atoms with Crippen LogP contribution >= 0.6 is 11.8 Å². The first-order valence-electron chi connectivity index (χ1n) is 5.74. The van der Waals surface area contributed by atoms with Gasteiger partial charge in [0.15, 0.2) is 0 Å². The van der Waals surface area contributed by atoms with E-state index in [0.29, 0.717) is 13.0 Å². The lowest BCUT2D eigenvalue weighted by Gasteiger charge is -2.31. The van der Waals surface area contributed by atoms with E-state index in [1.165, 1.54) is 4.90 Å². The fourth-order valence-corrected chi connectivity index (χ4v) is 2.70. The summed E-state index contributed by atoms with van der Waals surface area (Å²) < 4.78 is 0. The maximum absolute atomic E-state index is 12.2. The summed E-state index contributed by atoms with van der Waals surface area (Å²) in [6.07, 6.45) is 3.32. The molecule has 1 saturated heterocycles. The van der Waals surface area contributed by atoms with E-state index in [4.69, 9.17) is 5.11 Å². The Morgan fingerprint density at radius 2 is 2.24 bits per heavy atom. The van der Waals surface area contributed by atoms with E-state index in [0.717, 1.165) is 12.2 Å². The summed E-state index contributed by atoms with van der Waals surface area (Å²) in [6.45, 7) is 2.52. The molecule has 0 saturated carbocycles. The Morgan fingerprint density at radius 3 is 2.76 bits per heavy atom. The zero-order valence-electron chi connectivity index (χ0n) is 10.5. The summed E-state index contributed by atoms with van der Waals surface area (Å²) in [5.41, 5.74) is 0. The van der Waals surface area contributed by atoms with Gasteiger partial charge in [0, 0.05) is 25.4 Å². The Bertz CT molecular complexity index is 298. The highest BCUT2D eigenvalue weighted by Gasteiger charge is 2.36. The number of amides is 2. The number of carbonyl (C=O) groups excluding carboxylic acids is 1. The standard InChI is InChI=1S/C11H20N2O3S/c1-8(7-17-3)12(2)11(16)13-6-4-5-9(13)10(14)15/h8-9H,4-7H2,1-3H3,(H,14,15). The summed E-state index contributed by atoms with van der Waals surface area (Å²) in [5.74, 6) is -0.0462. The van der Waals surface area contributed by atoms with E-state index in [9.17, 15) is 9.59 Å². The lowest BCUT2D eigenvalue weighted by atomic mass is 10.2. The lowest BCUT2D eigenvalue weighted by Crippen LogP contribution is -2.49. The molecule has 1 N–H and O–H groups in total. The van der Waals surface area contributed by atoms with E-state index in [-0.39, 0.29) is 12.1 Å². The Balaban J connectivity index is 2.65. The predicted octanol–water partition coefficient (Wildman–Crippen LogP) is 1.34. The Hall–Kier alpha value is -0.910. The van der Waals surface area contributed by atoms with Crippen molar-refractivity contribution >= 4 is 23.8 Å². The molecule has 0 aromatic rings. The van der Waals surface area contributed by atoms with E-state index < -0.39 is 12.0 Å². The van der Waals surface area contributed by atoms with E-state index >= 15 is 0 Å². The molecular formula is C11H20N2O3S. The Kier molecular flexibility index (Phi) is 5.11. The minimum absolute atomic E-state index is 0.118. The zero-order valence-corrected chi connectivity index (χ0v) is 11.4. The minimum Gasteiger partial charge on any atom is -0.480 e. The molecule has 5 nitrogen and oxygen atoms in total. The number of urea groups is 1. The molecule has 1 rings (SSSR count).